The Balaban J connectivity index is 0.00000243. The quantitative estimate of drug-likeness (QED) is 0.650. The van der Waals surface area contributed by atoms with Gasteiger partial charge in [-0.15, -0.1) is 12.4 Å². The third-order valence-electron chi connectivity index (χ3n) is 4.12. The number of piperidine rings is 1. The molecule has 0 aliphatic carbocycles. The number of rotatable bonds is 4. The monoisotopic (exact) mass is 377 g/mol. The Labute approximate surface area is 157 Å². The average molecular weight is 378 g/mol. The van der Waals surface area contributed by atoms with Gasteiger partial charge in [0.1, 0.15) is 11.5 Å². The smallest absolute Gasteiger partial charge is 0.270 e. The summed E-state index contributed by atoms with van der Waals surface area (Å²) in [4.78, 5) is 25.1. The van der Waals surface area contributed by atoms with E-state index in [0.717, 1.165) is 12.8 Å². The minimum absolute atomic E-state index is 0. The standard InChI is InChI=1S/C18H19N3O4.ClH/c19-13-5-4-10-20(12-13)18(22)16-11-14(21(23)24)8-9-17(16)25-15-6-2-1-3-7-15;/h1-3,6-9,11,13H,4-5,10,12,19H2;1H. The van der Waals surface area contributed by atoms with Crippen molar-refractivity contribution in [3.63, 3.8) is 0 Å². The first-order chi connectivity index (χ1) is 12.0. The third-order valence-corrected chi connectivity index (χ3v) is 4.12. The molecule has 2 N–H and O–H groups in total. The fourth-order valence-electron chi connectivity index (χ4n) is 2.87. The van der Waals surface area contributed by atoms with E-state index in [1.54, 1.807) is 17.0 Å². The summed E-state index contributed by atoms with van der Waals surface area (Å²) < 4.78 is 5.78. The van der Waals surface area contributed by atoms with Crippen LogP contribution in [-0.2, 0) is 0 Å². The molecule has 8 heteroatoms. The van der Waals surface area contributed by atoms with Crippen molar-refractivity contribution in [2.24, 2.45) is 5.73 Å². The molecule has 1 fully saturated rings. The molecule has 1 amide bonds. The Morgan fingerprint density at radius 3 is 2.62 bits per heavy atom. The molecule has 1 heterocycles. The Kier molecular flexibility index (Phi) is 6.54. The zero-order chi connectivity index (χ0) is 17.8. The average Bonchev–Trinajstić information content (AvgIpc) is 2.62. The van der Waals surface area contributed by atoms with Crippen molar-refractivity contribution in [3.8, 4) is 11.5 Å². The minimum atomic E-state index is -0.523. The lowest BCUT2D eigenvalue weighted by molar-refractivity contribution is -0.384. The highest BCUT2D eigenvalue weighted by molar-refractivity contribution is 5.97. The Hall–Kier alpha value is -2.64. The summed E-state index contributed by atoms with van der Waals surface area (Å²) in [7, 11) is 0. The summed E-state index contributed by atoms with van der Waals surface area (Å²) >= 11 is 0. The second kappa shape index (κ2) is 8.64. The van der Waals surface area contributed by atoms with Gasteiger partial charge in [-0.3, -0.25) is 14.9 Å². The van der Waals surface area contributed by atoms with Crippen LogP contribution in [0.25, 0.3) is 0 Å². The molecule has 138 valence electrons. The number of non-ortho nitro benzene ring substituents is 1. The van der Waals surface area contributed by atoms with Crippen LogP contribution in [-0.4, -0.2) is 34.9 Å². The van der Waals surface area contributed by atoms with E-state index in [1.165, 1.54) is 18.2 Å². The van der Waals surface area contributed by atoms with Gasteiger partial charge in [-0.1, -0.05) is 18.2 Å². The van der Waals surface area contributed by atoms with Gasteiger partial charge in [-0.05, 0) is 31.0 Å². The highest BCUT2D eigenvalue weighted by atomic mass is 35.5. The minimum Gasteiger partial charge on any atom is -0.457 e. The highest BCUT2D eigenvalue weighted by Gasteiger charge is 2.26. The van der Waals surface area contributed by atoms with Gasteiger partial charge in [0.15, 0.2) is 0 Å². The van der Waals surface area contributed by atoms with Crippen molar-refractivity contribution >= 4 is 24.0 Å². The topological polar surface area (TPSA) is 98.7 Å². The lowest BCUT2D eigenvalue weighted by atomic mass is 10.0. The van der Waals surface area contributed by atoms with Crippen LogP contribution in [0.2, 0.25) is 0 Å². The van der Waals surface area contributed by atoms with Crippen LogP contribution in [0, 0.1) is 10.1 Å². The van der Waals surface area contributed by atoms with Gasteiger partial charge in [-0.2, -0.15) is 0 Å². The molecule has 0 bridgehead atoms. The van der Waals surface area contributed by atoms with Crippen molar-refractivity contribution < 1.29 is 14.5 Å². The second-order valence-corrected chi connectivity index (χ2v) is 6.01. The van der Waals surface area contributed by atoms with E-state index in [-0.39, 0.29) is 35.6 Å². The van der Waals surface area contributed by atoms with Gasteiger partial charge in [0, 0.05) is 31.3 Å². The summed E-state index contributed by atoms with van der Waals surface area (Å²) in [5.74, 6) is 0.548. The molecule has 1 saturated heterocycles. The molecule has 1 aliphatic rings. The van der Waals surface area contributed by atoms with Gasteiger partial charge >= 0.3 is 0 Å². The molecule has 2 aromatic rings. The van der Waals surface area contributed by atoms with E-state index in [2.05, 4.69) is 0 Å². The molecule has 0 saturated carbocycles. The molecule has 2 aromatic carbocycles. The van der Waals surface area contributed by atoms with Crippen LogP contribution in [0.5, 0.6) is 11.5 Å². The number of halogens is 1. The van der Waals surface area contributed by atoms with E-state index in [1.807, 2.05) is 18.2 Å². The van der Waals surface area contributed by atoms with Crippen molar-refractivity contribution in [2.75, 3.05) is 13.1 Å². The van der Waals surface area contributed by atoms with E-state index in [9.17, 15) is 14.9 Å². The van der Waals surface area contributed by atoms with Gasteiger partial charge in [0.2, 0.25) is 0 Å². The fourth-order valence-corrected chi connectivity index (χ4v) is 2.87. The SMILES string of the molecule is Cl.NC1CCCN(C(=O)c2cc([N+](=O)[O-])ccc2Oc2ccccc2)C1. The molecule has 26 heavy (non-hydrogen) atoms. The molecule has 0 radical (unpaired) electrons. The maximum Gasteiger partial charge on any atom is 0.270 e. The van der Waals surface area contributed by atoms with Crippen LogP contribution >= 0.6 is 12.4 Å². The summed E-state index contributed by atoms with van der Waals surface area (Å²) in [6.07, 6.45) is 1.68. The van der Waals surface area contributed by atoms with Crippen LogP contribution in [0.15, 0.2) is 48.5 Å². The highest BCUT2D eigenvalue weighted by Crippen LogP contribution is 2.30. The number of carbonyl (C=O) groups excluding carboxylic acids is 1. The summed E-state index contributed by atoms with van der Waals surface area (Å²) in [6.45, 7) is 1.02. The van der Waals surface area contributed by atoms with Crippen molar-refractivity contribution in [1.29, 1.82) is 0 Å². The molecule has 1 atom stereocenters. The fraction of sp³-hybridized carbons (Fsp3) is 0.278. The molecule has 0 spiro atoms. The van der Waals surface area contributed by atoms with Crippen LogP contribution in [0.1, 0.15) is 23.2 Å². The first kappa shape index (κ1) is 19.7. The predicted molar refractivity (Wildman–Crippen MR) is 100.0 cm³/mol. The first-order valence-electron chi connectivity index (χ1n) is 8.11. The van der Waals surface area contributed by atoms with Crippen molar-refractivity contribution in [3.05, 3.63) is 64.2 Å². The third kappa shape index (κ3) is 4.50. The Bertz CT molecular complexity index is 785. The molecule has 1 unspecified atom stereocenters. The number of likely N-dealkylation sites (tertiary alicyclic amines) is 1. The number of carbonyl (C=O) groups is 1. The van der Waals surface area contributed by atoms with Gasteiger partial charge < -0.3 is 15.4 Å². The summed E-state index contributed by atoms with van der Waals surface area (Å²) in [5.41, 5.74) is 5.97. The molecular weight excluding hydrogens is 358 g/mol. The van der Waals surface area contributed by atoms with E-state index in [0.29, 0.717) is 24.6 Å². The van der Waals surface area contributed by atoms with Crippen LogP contribution in [0.3, 0.4) is 0 Å². The molecule has 3 rings (SSSR count). The van der Waals surface area contributed by atoms with Gasteiger partial charge in [-0.25, -0.2) is 0 Å². The number of amides is 1. The summed E-state index contributed by atoms with van der Waals surface area (Å²) in [6, 6.07) is 13.0. The number of hydrogen-bond donors (Lipinski definition) is 1. The second-order valence-electron chi connectivity index (χ2n) is 6.01. The Morgan fingerprint density at radius 1 is 1.23 bits per heavy atom. The van der Waals surface area contributed by atoms with Crippen molar-refractivity contribution in [2.45, 2.75) is 18.9 Å². The number of nitrogens with two attached hydrogens (primary N) is 1. The molecular formula is C18H20ClN3O4. The number of ether oxygens (including phenoxy) is 1. The predicted octanol–water partition coefficient (Wildman–Crippen LogP) is 3.37. The lowest BCUT2D eigenvalue weighted by Crippen LogP contribution is -2.45. The van der Waals surface area contributed by atoms with Crippen molar-refractivity contribution in [1.82, 2.24) is 4.90 Å². The Morgan fingerprint density at radius 2 is 1.96 bits per heavy atom. The molecule has 0 aromatic heterocycles. The van der Waals surface area contributed by atoms with Gasteiger partial charge in [0.05, 0.1) is 10.5 Å². The van der Waals surface area contributed by atoms with E-state index >= 15 is 0 Å². The lowest BCUT2D eigenvalue weighted by Gasteiger charge is -2.31. The van der Waals surface area contributed by atoms with Gasteiger partial charge in [0.25, 0.3) is 11.6 Å². The zero-order valence-corrected chi connectivity index (χ0v) is 14.9. The largest absolute Gasteiger partial charge is 0.457 e. The molecule has 1 aliphatic heterocycles. The maximum atomic E-state index is 12.9. The van der Waals surface area contributed by atoms with E-state index in [4.69, 9.17) is 10.5 Å². The number of para-hydroxylation sites is 1. The number of hydrogen-bond acceptors (Lipinski definition) is 5. The molecule has 7 nitrogen and oxygen atoms in total. The van der Waals surface area contributed by atoms with E-state index < -0.39 is 4.92 Å². The maximum absolute atomic E-state index is 12.9. The summed E-state index contributed by atoms with van der Waals surface area (Å²) in [5, 5.41) is 11.1. The number of nitro benzene ring substituents is 1. The number of nitro groups is 1. The normalized spacial score (nSPS) is 16.5. The zero-order valence-electron chi connectivity index (χ0n) is 14.0. The number of nitrogens with zero attached hydrogens (tertiary/aromatic N) is 2. The first-order valence-corrected chi connectivity index (χ1v) is 8.11. The number of benzene rings is 2. The van der Waals surface area contributed by atoms with Crippen LogP contribution < -0.4 is 10.5 Å². The van der Waals surface area contributed by atoms with Crippen LogP contribution in [0.4, 0.5) is 5.69 Å².